The lowest BCUT2D eigenvalue weighted by Crippen LogP contribution is -2.22. The lowest BCUT2D eigenvalue weighted by Gasteiger charge is -2.15. The minimum Gasteiger partial charge on any atom is -0.330 e. The van der Waals surface area contributed by atoms with Crippen molar-refractivity contribution in [2.24, 2.45) is 11.7 Å². The van der Waals surface area contributed by atoms with Crippen LogP contribution < -0.4 is 5.73 Å². The summed E-state index contributed by atoms with van der Waals surface area (Å²) in [5.74, 6) is 0.731. The highest BCUT2D eigenvalue weighted by atomic mass is 32.1. The summed E-state index contributed by atoms with van der Waals surface area (Å²) in [4.78, 5) is 2.52. The average Bonchev–Trinajstić information content (AvgIpc) is 2.77. The Labute approximate surface area is 89.7 Å². The van der Waals surface area contributed by atoms with Gasteiger partial charge >= 0.3 is 0 Å². The molecule has 0 saturated carbocycles. The molecule has 14 heavy (non-hydrogen) atoms. The van der Waals surface area contributed by atoms with Gasteiger partial charge in [0.25, 0.3) is 0 Å². The van der Waals surface area contributed by atoms with Gasteiger partial charge in [0, 0.05) is 13.1 Å². The fourth-order valence-electron chi connectivity index (χ4n) is 2.04. The highest BCUT2D eigenvalue weighted by molar-refractivity contribution is 7.08. The van der Waals surface area contributed by atoms with Crippen molar-refractivity contribution < 1.29 is 0 Å². The van der Waals surface area contributed by atoms with Crippen LogP contribution in [0.3, 0.4) is 0 Å². The summed E-state index contributed by atoms with van der Waals surface area (Å²) < 4.78 is 0. The molecular weight excluding hydrogens is 192 g/mol. The van der Waals surface area contributed by atoms with E-state index in [2.05, 4.69) is 22.6 Å². The van der Waals surface area contributed by atoms with E-state index >= 15 is 0 Å². The molecular formula is C11H18N2S. The predicted octanol–water partition coefficient (Wildman–Crippen LogP) is 1.84. The summed E-state index contributed by atoms with van der Waals surface area (Å²) in [7, 11) is 0. The monoisotopic (exact) mass is 210 g/mol. The molecule has 3 heteroatoms. The molecule has 1 fully saturated rings. The van der Waals surface area contributed by atoms with Crippen molar-refractivity contribution in [3.63, 3.8) is 0 Å². The maximum Gasteiger partial charge on any atom is 0.0244 e. The molecule has 0 radical (unpaired) electrons. The van der Waals surface area contributed by atoms with E-state index in [1.54, 1.807) is 11.3 Å². The Kier molecular flexibility index (Phi) is 3.21. The molecule has 0 amide bonds. The minimum atomic E-state index is 0.731. The van der Waals surface area contributed by atoms with Crippen LogP contribution in [0.15, 0.2) is 10.8 Å². The quantitative estimate of drug-likeness (QED) is 0.825. The first kappa shape index (κ1) is 10.1. The van der Waals surface area contributed by atoms with Crippen LogP contribution in [0.5, 0.6) is 0 Å². The van der Waals surface area contributed by atoms with Crippen LogP contribution in [0.25, 0.3) is 0 Å². The van der Waals surface area contributed by atoms with Crippen molar-refractivity contribution in [3.05, 3.63) is 21.9 Å². The number of thiophene rings is 1. The number of hydrogen-bond acceptors (Lipinski definition) is 3. The molecule has 2 nitrogen and oxygen atoms in total. The van der Waals surface area contributed by atoms with Crippen molar-refractivity contribution in [2.45, 2.75) is 19.9 Å². The molecule has 1 atom stereocenters. The lowest BCUT2D eigenvalue weighted by atomic mass is 10.1. The summed E-state index contributed by atoms with van der Waals surface area (Å²) in [6, 6.07) is 0. The topological polar surface area (TPSA) is 29.3 Å². The second kappa shape index (κ2) is 4.43. The molecule has 1 aliphatic rings. The van der Waals surface area contributed by atoms with Crippen LogP contribution in [0, 0.1) is 12.8 Å². The Morgan fingerprint density at radius 3 is 3.00 bits per heavy atom. The van der Waals surface area contributed by atoms with Crippen molar-refractivity contribution in [2.75, 3.05) is 19.6 Å². The van der Waals surface area contributed by atoms with Gasteiger partial charge in [-0.05, 0) is 54.2 Å². The number of nitrogens with two attached hydrogens (primary N) is 1. The molecule has 1 saturated heterocycles. The minimum absolute atomic E-state index is 0.731. The smallest absolute Gasteiger partial charge is 0.0244 e. The van der Waals surface area contributed by atoms with Gasteiger partial charge in [0.1, 0.15) is 0 Å². The molecule has 0 spiro atoms. The van der Waals surface area contributed by atoms with Gasteiger partial charge in [-0.15, -0.1) is 0 Å². The van der Waals surface area contributed by atoms with Gasteiger partial charge in [-0.3, -0.25) is 4.90 Å². The summed E-state index contributed by atoms with van der Waals surface area (Å²) in [5.41, 5.74) is 8.60. The first-order valence-electron chi connectivity index (χ1n) is 5.23. The number of rotatable bonds is 3. The summed E-state index contributed by atoms with van der Waals surface area (Å²) in [5, 5.41) is 4.50. The molecule has 1 aliphatic heterocycles. The zero-order valence-corrected chi connectivity index (χ0v) is 9.52. The van der Waals surface area contributed by atoms with E-state index in [1.807, 2.05) is 0 Å². The predicted molar refractivity (Wildman–Crippen MR) is 61.5 cm³/mol. The maximum absolute atomic E-state index is 5.67. The summed E-state index contributed by atoms with van der Waals surface area (Å²) in [6.45, 7) is 6.57. The molecule has 1 aromatic rings. The summed E-state index contributed by atoms with van der Waals surface area (Å²) in [6.07, 6.45) is 1.28. The van der Waals surface area contributed by atoms with Crippen LogP contribution in [0.1, 0.15) is 17.5 Å². The SMILES string of the molecule is Cc1cscc1CN1CCC(CN)C1. The largest absolute Gasteiger partial charge is 0.330 e. The van der Waals surface area contributed by atoms with Crippen molar-refractivity contribution in [1.82, 2.24) is 4.90 Å². The molecule has 78 valence electrons. The molecule has 0 bridgehead atoms. The average molecular weight is 210 g/mol. The molecule has 0 aliphatic carbocycles. The van der Waals surface area contributed by atoms with E-state index in [1.165, 1.54) is 30.6 Å². The number of likely N-dealkylation sites (tertiary alicyclic amines) is 1. The van der Waals surface area contributed by atoms with Gasteiger partial charge in [-0.25, -0.2) is 0 Å². The lowest BCUT2D eigenvalue weighted by molar-refractivity contribution is 0.317. The zero-order chi connectivity index (χ0) is 9.97. The number of nitrogens with zero attached hydrogens (tertiary/aromatic N) is 1. The van der Waals surface area contributed by atoms with Crippen LogP contribution in [-0.4, -0.2) is 24.5 Å². The fraction of sp³-hybridized carbons (Fsp3) is 0.636. The third-order valence-electron chi connectivity index (χ3n) is 3.06. The van der Waals surface area contributed by atoms with Crippen molar-refractivity contribution in [3.8, 4) is 0 Å². The van der Waals surface area contributed by atoms with Crippen LogP contribution in [0.2, 0.25) is 0 Å². The first-order chi connectivity index (χ1) is 6.79. The second-order valence-corrected chi connectivity index (χ2v) is 4.95. The van der Waals surface area contributed by atoms with E-state index in [0.717, 1.165) is 19.0 Å². The molecule has 1 aromatic heterocycles. The van der Waals surface area contributed by atoms with E-state index < -0.39 is 0 Å². The molecule has 0 aromatic carbocycles. The van der Waals surface area contributed by atoms with Crippen molar-refractivity contribution >= 4 is 11.3 Å². The van der Waals surface area contributed by atoms with E-state index in [0.29, 0.717) is 0 Å². The fourth-order valence-corrected chi connectivity index (χ4v) is 2.89. The van der Waals surface area contributed by atoms with Crippen LogP contribution in [0.4, 0.5) is 0 Å². The highest BCUT2D eigenvalue weighted by Crippen LogP contribution is 2.21. The van der Waals surface area contributed by atoms with Gasteiger partial charge in [-0.2, -0.15) is 11.3 Å². The maximum atomic E-state index is 5.67. The molecule has 2 N–H and O–H groups in total. The standard InChI is InChI=1S/C11H18N2S/c1-9-7-14-8-11(9)6-13-3-2-10(4-12)5-13/h7-8,10H,2-6,12H2,1H3. The van der Waals surface area contributed by atoms with Crippen LogP contribution in [-0.2, 0) is 6.54 Å². The molecule has 2 heterocycles. The molecule has 1 unspecified atom stereocenters. The zero-order valence-electron chi connectivity index (χ0n) is 8.70. The number of aryl methyl sites for hydroxylation is 1. The molecule has 2 rings (SSSR count). The Morgan fingerprint density at radius 2 is 2.43 bits per heavy atom. The van der Waals surface area contributed by atoms with Gasteiger partial charge in [0.15, 0.2) is 0 Å². The second-order valence-electron chi connectivity index (χ2n) is 4.21. The Morgan fingerprint density at radius 1 is 1.57 bits per heavy atom. The van der Waals surface area contributed by atoms with Crippen molar-refractivity contribution in [1.29, 1.82) is 0 Å². The van der Waals surface area contributed by atoms with E-state index in [-0.39, 0.29) is 0 Å². The third-order valence-corrected chi connectivity index (χ3v) is 3.97. The van der Waals surface area contributed by atoms with Gasteiger partial charge < -0.3 is 5.73 Å². The Bertz CT molecular complexity index is 295. The third kappa shape index (κ3) is 2.16. The van der Waals surface area contributed by atoms with Gasteiger partial charge in [0.2, 0.25) is 0 Å². The number of hydrogen-bond donors (Lipinski definition) is 1. The first-order valence-corrected chi connectivity index (χ1v) is 6.18. The Hall–Kier alpha value is -0.380. The van der Waals surface area contributed by atoms with E-state index in [9.17, 15) is 0 Å². The highest BCUT2D eigenvalue weighted by Gasteiger charge is 2.21. The normalized spacial score (nSPS) is 23.1. The van der Waals surface area contributed by atoms with Gasteiger partial charge in [0.05, 0.1) is 0 Å². The van der Waals surface area contributed by atoms with Gasteiger partial charge in [-0.1, -0.05) is 0 Å². The van der Waals surface area contributed by atoms with Crippen LogP contribution >= 0.6 is 11.3 Å². The summed E-state index contributed by atoms with van der Waals surface area (Å²) >= 11 is 1.80. The Balaban J connectivity index is 1.90. The van der Waals surface area contributed by atoms with E-state index in [4.69, 9.17) is 5.73 Å².